The number of nitrogens with zero attached hydrogens (tertiary/aromatic N) is 1. The van der Waals surface area contributed by atoms with E-state index in [4.69, 9.17) is 9.47 Å². The molecule has 0 radical (unpaired) electrons. The summed E-state index contributed by atoms with van der Waals surface area (Å²) in [4.78, 5) is 14.7. The minimum absolute atomic E-state index is 0.0226. The van der Waals surface area contributed by atoms with Crippen molar-refractivity contribution in [2.24, 2.45) is 0 Å². The highest BCUT2D eigenvalue weighted by Gasteiger charge is 2.11. The molecule has 5 heteroatoms. The van der Waals surface area contributed by atoms with Crippen molar-refractivity contribution in [2.45, 2.75) is 0 Å². The average Bonchev–Trinajstić information content (AvgIpc) is 2.62. The van der Waals surface area contributed by atoms with Gasteiger partial charge in [-0.3, -0.25) is 4.79 Å². The molecule has 0 saturated carbocycles. The van der Waals surface area contributed by atoms with E-state index in [-0.39, 0.29) is 5.78 Å². The van der Waals surface area contributed by atoms with Crippen molar-refractivity contribution in [3.05, 3.63) is 64.1 Å². The lowest BCUT2D eigenvalue weighted by Crippen LogP contribution is -2.30. The van der Waals surface area contributed by atoms with Crippen LogP contribution in [-0.2, 0) is 9.47 Å². The number of benzene rings is 2. The van der Waals surface area contributed by atoms with E-state index in [0.29, 0.717) is 24.3 Å². The number of carbonyl (C=O) groups excluding carboxylic acids is 1. The third-order valence-corrected chi connectivity index (χ3v) is 4.26. The molecule has 24 heavy (non-hydrogen) atoms. The normalized spacial score (nSPS) is 10.6. The molecule has 0 aliphatic carbocycles. The van der Waals surface area contributed by atoms with Crippen molar-refractivity contribution in [2.75, 3.05) is 45.4 Å². The van der Waals surface area contributed by atoms with Crippen molar-refractivity contribution < 1.29 is 14.3 Å². The van der Waals surface area contributed by atoms with Crippen LogP contribution in [0.4, 0.5) is 5.69 Å². The molecule has 0 N–H and O–H groups in total. The second kappa shape index (κ2) is 9.57. The quantitative estimate of drug-likeness (QED) is 0.609. The molecule has 2 rings (SSSR count). The SMILES string of the molecule is COCCN(CCOC)c1ccc(C(=O)c2ccc(Br)cc2)cc1. The molecule has 0 unspecified atom stereocenters. The van der Waals surface area contributed by atoms with Crippen molar-refractivity contribution in [3.8, 4) is 0 Å². The lowest BCUT2D eigenvalue weighted by molar-refractivity contribution is 0.103. The van der Waals surface area contributed by atoms with Gasteiger partial charge in [0.25, 0.3) is 0 Å². The summed E-state index contributed by atoms with van der Waals surface area (Å²) in [6.45, 7) is 2.84. The van der Waals surface area contributed by atoms with Crippen LogP contribution in [0.2, 0.25) is 0 Å². The summed E-state index contributed by atoms with van der Waals surface area (Å²) in [5, 5.41) is 0. The molecule has 0 saturated heterocycles. The van der Waals surface area contributed by atoms with Gasteiger partial charge in [-0.05, 0) is 48.5 Å². The molecule has 0 aromatic heterocycles. The summed E-state index contributed by atoms with van der Waals surface area (Å²) in [5.41, 5.74) is 2.41. The summed E-state index contributed by atoms with van der Waals surface area (Å²) in [6.07, 6.45) is 0. The number of rotatable bonds is 9. The number of carbonyl (C=O) groups is 1. The Bertz CT molecular complexity index is 633. The Morgan fingerprint density at radius 2 is 1.33 bits per heavy atom. The molecule has 0 heterocycles. The van der Waals surface area contributed by atoms with E-state index in [2.05, 4.69) is 20.8 Å². The molecule has 4 nitrogen and oxygen atoms in total. The van der Waals surface area contributed by atoms with Gasteiger partial charge < -0.3 is 14.4 Å². The third kappa shape index (κ3) is 5.16. The number of methoxy groups -OCH3 is 2. The van der Waals surface area contributed by atoms with Gasteiger partial charge in [0.05, 0.1) is 13.2 Å². The maximum atomic E-state index is 12.5. The maximum Gasteiger partial charge on any atom is 0.193 e. The molecule has 0 bridgehead atoms. The van der Waals surface area contributed by atoms with Gasteiger partial charge in [0.1, 0.15) is 0 Å². The number of hydrogen-bond acceptors (Lipinski definition) is 4. The molecule has 0 aliphatic heterocycles. The largest absolute Gasteiger partial charge is 0.383 e. The predicted octanol–water partition coefficient (Wildman–Crippen LogP) is 3.78. The van der Waals surface area contributed by atoms with Crippen LogP contribution in [0.1, 0.15) is 15.9 Å². The predicted molar refractivity (Wildman–Crippen MR) is 100.0 cm³/mol. The van der Waals surface area contributed by atoms with Gasteiger partial charge in [-0.15, -0.1) is 0 Å². The zero-order chi connectivity index (χ0) is 17.4. The fourth-order valence-corrected chi connectivity index (χ4v) is 2.63. The zero-order valence-electron chi connectivity index (χ0n) is 14.0. The number of halogens is 1. The Balaban J connectivity index is 2.12. The van der Waals surface area contributed by atoms with E-state index in [0.717, 1.165) is 23.2 Å². The molecule has 2 aromatic carbocycles. The summed E-state index contributed by atoms with van der Waals surface area (Å²) in [6, 6.07) is 15.1. The van der Waals surface area contributed by atoms with Crippen LogP contribution in [-0.4, -0.2) is 46.3 Å². The molecular weight excluding hydrogens is 370 g/mol. The lowest BCUT2D eigenvalue weighted by atomic mass is 10.0. The highest BCUT2D eigenvalue weighted by Crippen LogP contribution is 2.18. The van der Waals surface area contributed by atoms with Crippen LogP contribution >= 0.6 is 15.9 Å². The van der Waals surface area contributed by atoms with Crippen molar-refractivity contribution in [3.63, 3.8) is 0 Å². The molecule has 0 amide bonds. The van der Waals surface area contributed by atoms with Crippen LogP contribution in [0.3, 0.4) is 0 Å². The number of ketones is 1. The Kier molecular flexibility index (Phi) is 7.43. The van der Waals surface area contributed by atoms with Crippen LogP contribution in [0.5, 0.6) is 0 Å². The van der Waals surface area contributed by atoms with Gasteiger partial charge in [-0.1, -0.05) is 15.9 Å². The smallest absolute Gasteiger partial charge is 0.193 e. The third-order valence-electron chi connectivity index (χ3n) is 3.73. The van der Waals surface area contributed by atoms with E-state index in [9.17, 15) is 4.79 Å². The molecule has 0 atom stereocenters. The first-order valence-electron chi connectivity index (χ1n) is 7.79. The Morgan fingerprint density at radius 3 is 1.79 bits per heavy atom. The first-order valence-corrected chi connectivity index (χ1v) is 8.58. The van der Waals surface area contributed by atoms with Gasteiger partial charge in [-0.2, -0.15) is 0 Å². The molecular formula is C19H22BrNO3. The molecule has 0 aliphatic rings. The highest BCUT2D eigenvalue weighted by atomic mass is 79.9. The lowest BCUT2D eigenvalue weighted by Gasteiger charge is -2.24. The van der Waals surface area contributed by atoms with Crippen molar-refractivity contribution in [1.29, 1.82) is 0 Å². The Morgan fingerprint density at radius 1 is 0.875 bits per heavy atom. The Hall–Kier alpha value is -1.69. The fraction of sp³-hybridized carbons (Fsp3) is 0.316. The van der Waals surface area contributed by atoms with Crippen molar-refractivity contribution in [1.82, 2.24) is 0 Å². The van der Waals surface area contributed by atoms with E-state index in [1.54, 1.807) is 14.2 Å². The van der Waals surface area contributed by atoms with Crippen molar-refractivity contribution >= 4 is 27.4 Å². The summed E-state index contributed by atoms with van der Waals surface area (Å²) >= 11 is 3.38. The van der Waals surface area contributed by atoms with Gasteiger partial charge in [0.15, 0.2) is 5.78 Å². The number of anilines is 1. The van der Waals surface area contributed by atoms with Crippen LogP contribution in [0.25, 0.3) is 0 Å². The summed E-state index contributed by atoms with van der Waals surface area (Å²) in [5.74, 6) is 0.0226. The van der Waals surface area contributed by atoms with Crippen LogP contribution < -0.4 is 4.90 Å². The summed E-state index contributed by atoms with van der Waals surface area (Å²) in [7, 11) is 3.38. The monoisotopic (exact) mass is 391 g/mol. The van der Waals surface area contributed by atoms with Gasteiger partial charge in [-0.25, -0.2) is 0 Å². The average molecular weight is 392 g/mol. The van der Waals surface area contributed by atoms with Gasteiger partial charge in [0, 0.05) is 48.6 Å². The first kappa shape index (κ1) is 18.6. The zero-order valence-corrected chi connectivity index (χ0v) is 15.6. The molecule has 0 spiro atoms. The highest BCUT2D eigenvalue weighted by molar-refractivity contribution is 9.10. The topological polar surface area (TPSA) is 38.8 Å². The second-order valence-electron chi connectivity index (χ2n) is 5.36. The van der Waals surface area contributed by atoms with Crippen LogP contribution in [0.15, 0.2) is 53.0 Å². The van der Waals surface area contributed by atoms with E-state index in [1.165, 1.54) is 0 Å². The minimum Gasteiger partial charge on any atom is -0.383 e. The number of hydrogen-bond donors (Lipinski definition) is 0. The second-order valence-corrected chi connectivity index (χ2v) is 6.27. The van der Waals surface area contributed by atoms with E-state index < -0.39 is 0 Å². The van der Waals surface area contributed by atoms with E-state index >= 15 is 0 Å². The minimum atomic E-state index is 0.0226. The fourth-order valence-electron chi connectivity index (χ4n) is 2.36. The molecule has 0 fully saturated rings. The Labute approximate surface area is 151 Å². The number of ether oxygens (including phenoxy) is 2. The standard InChI is InChI=1S/C19H22BrNO3/c1-23-13-11-21(12-14-24-2)18-9-5-16(6-10-18)19(22)15-3-7-17(20)8-4-15/h3-10H,11-14H2,1-2H3. The summed E-state index contributed by atoms with van der Waals surface area (Å²) < 4.78 is 11.3. The van der Waals surface area contributed by atoms with Gasteiger partial charge >= 0.3 is 0 Å². The van der Waals surface area contributed by atoms with E-state index in [1.807, 2.05) is 48.5 Å². The first-order chi connectivity index (χ1) is 11.7. The van der Waals surface area contributed by atoms with Crippen LogP contribution in [0, 0.1) is 0 Å². The maximum absolute atomic E-state index is 12.5. The molecule has 128 valence electrons. The van der Waals surface area contributed by atoms with Gasteiger partial charge in [0.2, 0.25) is 0 Å². The molecule has 2 aromatic rings.